The van der Waals surface area contributed by atoms with Crippen LogP contribution in [0.1, 0.15) is 26.7 Å². The Labute approximate surface area is 79.1 Å². The predicted molar refractivity (Wildman–Crippen MR) is 50.7 cm³/mol. The zero-order chi connectivity index (χ0) is 9.84. The van der Waals surface area contributed by atoms with E-state index in [1.165, 1.54) is 0 Å². The van der Waals surface area contributed by atoms with E-state index in [0.29, 0.717) is 6.54 Å². The monoisotopic (exact) mass is 186 g/mol. The fourth-order valence-corrected chi connectivity index (χ4v) is 2.00. The molecule has 1 heterocycles. The quantitative estimate of drug-likeness (QED) is 0.725. The third-order valence-corrected chi connectivity index (χ3v) is 2.70. The molecule has 13 heavy (non-hydrogen) atoms. The molecular formula is C9H18N2O2. The summed E-state index contributed by atoms with van der Waals surface area (Å²) in [5, 5.41) is 8.92. The van der Waals surface area contributed by atoms with Gasteiger partial charge in [0.15, 0.2) is 0 Å². The van der Waals surface area contributed by atoms with Gasteiger partial charge in [0, 0.05) is 6.54 Å². The first-order valence-corrected chi connectivity index (χ1v) is 4.94. The number of hydrogen-bond acceptors (Lipinski definition) is 2. The lowest BCUT2D eigenvalue weighted by molar-refractivity contribution is 0.0747. The van der Waals surface area contributed by atoms with Crippen LogP contribution in [0.2, 0.25) is 0 Å². The van der Waals surface area contributed by atoms with Gasteiger partial charge in [-0.25, -0.2) is 4.79 Å². The molecule has 0 spiro atoms. The topological polar surface area (TPSA) is 43.8 Å². The van der Waals surface area contributed by atoms with Gasteiger partial charge in [-0.15, -0.1) is 0 Å². The molecule has 0 aromatic heterocycles. The number of carbonyl (C=O) groups is 1. The van der Waals surface area contributed by atoms with Gasteiger partial charge in [0.25, 0.3) is 0 Å². The molecule has 1 saturated heterocycles. The Hall–Kier alpha value is -0.770. The van der Waals surface area contributed by atoms with E-state index < -0.39 is 6.09 Å². The van der Waals surface area contributed by atoms with Crippen molar-refractivity contribution in [2.75, 3.05) is 19.6 Å². The molecule has 0 bridgehead atoms. The predicted octanol–water partition coefficient (Wildman–Crippen LogP) is 1.43. The molecule has 1 atom stereocenters. The fourth-order valence-electron chi connectivity index (χ4n) is 2.00. The largest absolute Gasteiger partial charge is 0.465 e. The highest BCUT2D eigenvalue weighted by atomic mass is 16.4. The molecule has 1 fully saturated rings. The Morgan fingerprint density at radius 2 is 2.15 bits per heavy atom. The number of hydrogen-bond donors (Lipinski definition) is 1. The zero-order valence-corrected chi connectivity index (χ0v) is 8.36. The van der Waals surface area contributed by atoms with Crippen LogP contribution in [0.15, 0.2) is 0 Å². The first-order valence-electron chi connectivity index (χ1n) is 4.94. The average molecular weight is 186 g/mol. The van der Waals surface area contributed by atoms with E-state index in [1.807, 2.05) is 0 Å². The highest BCUT2D eigenvalue weighted by Gasteiger charge is 2.31. The number of nitrogens with zero attached hydrogens (tertiary/aromatic N) is 2. The maximum Gasteiger partial charge on any atom is 0.408 e. The third kappa shape index (κ3) is 2.12. The van der Waals surface area contributed by atoms with Crippen molar-refractivity contribution in [3.8, 4) is 0 Å². The lowest BCUT2D eigenvalue weighted by atomic mass is 10.3. The van der Waals surface area contributed by atoms with Crippen LogP contribution in [0.25, 0.3) is 0 Å². The Morgan fingerprint density at radius 3 is 2.62 bits per heavy atom. The van der Waals surface area contributed by atoms with Crippen LogP contribution in [0.3, 0.4) is 0 Å². The molecule has 76 valence electrons. The summed E-state index contributed by atoms with van der Waals surface area (Å²) in [6.07, 6.45) is 1.31. The fraction of sp³-hybridized carbons (Fsp3) is 0.889. The minimum Gasteiger partial charge on any atom is -0.465 e. The SMILES string of the molecule is CCN(CC)[C@@H]1CCCN1C(=O)O. The van der Waals surface area contributed by atoms with Crippen molar-refractivity contribution in [2.45, 2.75) is 32.9 Å². The van der Waals surface area contributed by atoms with E-state index in [2.05, 4.69) is 18.7 Å². The van der Waals surface area contributed by atoms with E-state index >= 15 is 0 Å². The van der Waals surface area contributed by atoms with Crippen LogP contribution in [-0.2, 0) is 0 Å². The third-order valence-electron chi connectivity index (χ3n) is 2.70. The van der Waals surface area contributed by atoms with Gasteiger partial charge in [-0.2, -0.15) is 0 Å². The molecule has 0 radical (unpaired) electrons. The smallest absolute Gasteiger partial charge is 0.408 e. The van der Waals surface area contributed by atoms with Crippen molar-refractivity contribution >= 4 is 6.09 Å². The average Bonchev–Trinajstić information content (AvgIpc) is 2.55. The molecule has 1 aliphatic rings. The van der Waals surface area contributed by atoms with Gasteiger partial charge in [0.1, 0.15) is 0 Å². The number of amides is 1. The molecule has 1 rings (SSSR count). The van der Waals surface area contributed by atoms with Crippen molar-refractivity contribution in [3.63, 3.8) is 0 Å². The molecule has 1 amide bonds. The number of likely N-dealkylation sites (tertiary alicyclic amines) is 1. The van der Waals surface area contributed by atoms with E-state index in [4.69, 9.17) is 5.11 Å². The molecule has 0 saturated carbocycles. The van der Waals surface area contributed by atoms with Crippen molar-refractivity contribution in [3.05, 3.63) is 0 Å². The maximum atomic E-state index is 10.8. The molecule has 0 unspecified atom stereocenters. The van der Waals surface area contributed by atoms with E-state index in [0.717, 1.165) is 25.9 Å². The summed E-state index contributed by atoms with van der Waals surface area (Å²) in [7, 11) is 0. The second-order valence-electron chi connectivity index (χ2n) is 3.32. The first kappa shape index (κ1) is 10.3. The van der Waals surface area contributed by atoms with Crippen molar-refractivity contribution < 1.29 is 9.90 Å². The Morgan fingerprint density at radius 1 is 1.54 bits per heavy atom. The Balaban J connectivity index is 2.61. The second kappa shape index (κ2) is 4.46. The van der Waals surface area contributed by atoms with Crippen LogP contribution >= 0.6 is 0 Å². The van der Waals surface area contributed by atoms with Gasteiger partial charge in [0.2, 0.25) is 0 Å². The molecule has 0 aromatic carbocycles. The molecule has 0 aliphatic carbocycles. The van der Waals surface area contributed by atoms with Gasteiger partial charge >= 0.3 is 6.09 Å². The summed E-state index contributed by atoms with van der Waals surface area (Å²) >= 11 is 0. The van der Waals surface area contributed by atoms with Crippen LogP contribution in [0.5, 0.6) is 0 Å². The molecular weight excluding hydrogens is 168 g/mol. The maximum absolute atomic E-state index is 10.8. The highest BCUT2D eigenvalue weighted by Crippen LogP contribution is 2.20. The van der Waals surface area contributed by atoms with Gasteiger partial charge in [0.05, 0.1) is 6.17 Å². The van der Waals surface area contributed by atoms with Gasteiger partial charge < -0.3 is 5.11 Å². The van der Waals surface area contributed by atoms with Crippen molar-refractivity contribution in [2.24, 2.45) is 0 Å². The second-order valence-corrected chi connectivity index (χ2v) is 3.32. The van der Waals surface area contributed by atoms with E-state index in [1.54, 1.807) is 4.90 Å². The van der Waals surface area contributed by atoms with Gasteiger partial charge in [-0.1, -0.05) is 13.8 Å². The highest BCUT2D eigenvalue weighted by molar-refractivity contribution is 5.65. The van der Waals surface area contributed by atoms with Crippen molar-refractivity contribution in [1.29, 1.82) is 0 Å². The first-order chi connectivity index (χ1) is 6.20. The van der Waals surface area contributed by atoms with E-state index in [9.17, 15) is 4.79 Å². The lowest BCUT2D eigenvalue weighted by Crippen LogP contribution is -2.46. The number of rotatable bonds is 3. The summed E-state index contributed by atoms with van der Waals surface area (Å²) in [5.74, 6) is 0. The minimum absolute atomic E-state index is 0.118. The Bertz CT molecular complexity index is 180. The summed E-state index contributed by atoms with van der Waals surface area (Å²) in [6, 6.07) is 0. The minimum atomic E-state index is -0.783. The zero-order valence-electron chi connectivity index (χ0n) is 8.36. The van der Waals surface area contributed by atoms with Crippen LogP contribution < -0.4 is 0 Å². The van der Waals surface area contributed by atoms with Crippen molar-refractivity contribution in [1.82, 2.24) is 9.80 Å². The molecule has 4 nitrogen and oxygen atoms in total. The molecule has 0 aromatic rings. The summed E-state index contributed by atoms with van der Waals surface area (Å²) in [5.41, 5.74) is 0. The van der Waals surface area contributed by atoms with E-state index in [-0.39, 0.29) is 6.17 Å². The number of carboxylic acid groups (broad SMARTS) is 1. The van der Waals surface area contributed by atoms with Crippen LogP contribution in [0, 0.1) is 0 Å². The summed E-state index contributed by atoms with van der Waals surface area (Å²) in [6.45, 7) is 6.68. The summed E-state index contributed by atoms with van der Waals surface area (Å²) < 4.78 is 0. The Kier molecular flexibility index (Phi) is 3.54. The molecule has 1 N–H and O–H groups in total. The lowest BCUT2D eigenvalue weighted by Gasteiger charge is -2.31. The van der Waals surface area contributed by atoms with Crippen LogP contribution in [0.4, 0.5) is 4.79 Å². The van der Waals surface area contributed by atoms with Crippen LogP contribution in [-0.4, -0.2) is 46.8 Å². The van der Waals surface area contributed by atoms with Gasteiger partial charge in [-0.3, -0.25) is 9.80 Å². The normalized spacial score (nSPS) is 22.7. The molecule has 4 heteroatoms. The van der Waals surface area contributed by atoms with Gasteiger partial charge in [-0.05, 0) is 25.9 Å². The molecule has 1 aliphatic heterocycles. The summed E-state index contributed by atoms with van der Waals surface area (Å²) in [4.78, 5) is 14.6. The standard InChI is InChI=1S/C9H18N2O2/c1-3-10(4-2)8-6-5-7-11(8)9(12)13/h8H,3-7H2,1-2H3,(H,12,13)/t8-/m0/s1.